The largest absolute Gasteiger partial charge is 2.00 e. The van der Waals surface area contributed by atoms with E-state index in [9.17, 15) is 0 Å². The summed E-state index contributed by atoms with van der Waals surface area (Å²) in [5.41, 5.74) is 1.68. The summed E-state index contributed by atoms with van der Waals surface area (Å²) in [5, 5.41) is 0. The van der Waals surface area contributed by atoms with Gasteiger partial charge in [0, 0.05) is 14.2 Å². The van der Waals surface area contributed by atoms with E-state index in [4.69, 9.17) is 8.85 Å². The minimum atomic E-state index is -2.01. The molecule has 0 spiro atoms. The molecule has 0 N–H and O–H groups in total. The second-order valence-electron chi connectivity index (χ2n) is 4.33. The summed E-state index contributed by atoms with van der Waals surface area (Å²) in [4.78, 5) is 0. The van der Waals surface area contributed by atoms with Crippen LogP contribution in [0.3, 0.4) is 0 Å². The van der Waals surface area contributed by atoms with Crippen molar-refractivity contribution in [2.24, 2.45) is 0 Å². The van der Waals surface area contributed by atoms with Crippen LogP contribution in [-0.2, 0) is 25.9 Å². The second-order valence-corrected chi connectivity index (χ2v) is 8.04. The molecule has 0 heterocycles. The molecule has 0 aliphatic heterocycles. The smallest absolute Gasteiger partial charge is 0.398 e. The predicted molar refractivity (Wildman–Crippen MR) is 78.1 cm³/mol. The van der Waals surface area contributed by atoms with Crippen LogP contribution in [0, 0.1) is 0 Å². The first-order chi connectivity index (χ1) is 8.64. The van der Waals surface area contributed by atoms with Crippen LogP contribution in [0.15, 0.2) is 54.6 Å². The molecule has 0 amide bonds. The molecule has 4 heteroatoms. The second kappa shape index (κ2) is 9.29. The van der Waals surface area contributed by atoms with Gasteiger partial charge in [-0.15, -0.1) is 0 Å². The van der Waals surface area contributed by atoms with Gasteiger partial charge >= 0.3 is 25.6 Å². The van der Waals surface area contributed by atoms with Gasteiger partial charge in [0.05, 0.1) is 0 Å². The van der Waals surface area contributed by atoms with Crippen molar-refractivity contribution in [3.63, 3.8) is 0 Å². The Balaban J connectivity index is 0.000000454. The van der Waals surface area contributed by atoms with Crippen LogP contribution in [-0.4, -0.2) is 22.8 Å². The molecule has 2 aromatic rings. The van der Waals surface area contributed by atoms with Crippen LogP contribution in [0.4, 0.5) is 0 Å². The molecule has 106 valence electrons. The Hall–Kier alpha value is -0.644. The SMILES string of the molecule is CO[Si](C)(OC)C(C)[c-]1cccc1.[Fe+2].c1cc[cH-]c1. The fourth-order valence-electron chi connectivity index (χ4n) is 1.74. The van der Waals surface area contributed by atoms with E-state index in [-0.39, 0.29) is 17.1 Å². The van der Waals surface area contributed by atoms with Gasteiger partial charge in [-0.25, -0.2) is 24.3 Å². The molecule has 2 nitrogen and oxygen atoms in total. The van der Waals surface area contributed by atoms with Crippen LogP contribution in [0.2, 0.25) is 6.55 Å². The van der Waals surface area contributed by atoms with E-state index in [2.05, 4.69) is 25.6 Å². The van der Waals surface area contributed by atoms with Crippen LogP contribution in [0.25, 0.3) is 0 Å². The quantitative estimate of drug-likeness (QED) is 0.630. The summed E-state index contributed by atoms with van der Waals surface area (Å²) in [6.07, 6.45) is 0. The minimum absolute atomic E-state index is 0. The summed E-state index contributed by atoms with van der Waals surface area (Å²) < 4.78 is 11.0. The van der Waals surface area contributed by atoms with Crippen molar-refractivity contribution in [2.75, 3.05) is 14.2 Å². The molecular weight excluding hydrogens is 296 g/mol. The van der Waals surface area contributed by atoms with Gasteiger partial charge in [0.2, 0.25) is 0 Å². The molecule has 0 aromatic heterocycles. The molecular formula is C15H22FeO2Si. The zero-order valence-electron chi connectivity index (χ0n) is 11.9. The molecule has 1 unspecified atom stereocenters. The summed E-state index contributed by atoms with van der Waals surface area (Å²) >= 11 is 0. The van der Waals surface area contributed by atoms with E-state index in [1.165, 1.54) is 5.56 Å². The Labute approximate surface area is 128 Å². The van der Waals surface area contributed by atoms with Crippen molar-refractivity contribution in [3.05, 3.63) is 60.2 Å². The van der Waals surface area contributed by atoms with Crippen LogP contribution in [0.1, 0.15) is 18.0 Å². The molecule has 0 fully saturated rings. The van der Waals surface area contributed by atoms with Gasteiger partial charge in [0.25, 0.3) is 0 Å². The minimum Gasteiger partial charge on any atom is -0.398 e. The van der Waals surface area contributed by atoms with Crippen molar-refractivity contribution in [1.29, 1.82) is 0 Å². The zero-order valence-corrected chi connectivity index (χ0v) is 14.0. The topological polar surface area (TPSA) is 18.5 Å². The molecule has 2 rings (SSSR count). The number of hydrogen-bond acceptors (Lipinski definition) is 2. The third-order valence-electron chi connectivity index (χ3n) is 3.34. The molecule has 1 atom stereocenters. The maximum absolute atomic E-state index is 5.49. The van der Waals surface area contributed by atoms with E-state index >= 15 is 0 Å². The fraction of sp³-hybridized carbons (Fsp3) is 0.333. The summed E-state index contributed by atoms with van der Waals surface area (Å²) in [6, 6.07) is 18.3. The van der Waals surface area contributed by atoms with Gasteiger partial charge in [-0.05, 0) is 12.1 Å². The first-order valence-corrected chi connectivity index (χ1v) is 8.52. The van der Waals surface area contributed by atoms with E-state index in [0.29, 0.717) is 5.54 Å². The van der Waals surface area contributed by atoms with Crippen LogP contribution in [0.5, 0.6) is 0 Å². The van der Waals surface area contributed by atoms with Crippen molar-refractivity contribution in [2.45, 2.75) is 19.0 Å². The van der Waals surface area contributed by atoms with Crippen molar-refractivity contribution < 1.29 is 25.9 Å². The average Bonchev–Trinajstić information content (AvgIpc) is 3.10. The van der Waals surface area contributed by atoms with E-state index in [0.717, 1.165) is 0 Å². The number of hydrogen-bond donors (Lipinski definition) is 0. The monoisotopic (exact) mass is 318 g/mol. The van der Waals surface area contributed by atoms with Gasteiger partial charge in [0.15, 0.2) is 0 Å². The summed E-state index contributed by atoms with van der Waals surface area (Å²) in [6.45, 7) is 4.25. The number of rotatable bonds is 4. The summed E-state index contributed by atoms with van der Waals surface area (Å²) in [7, 11) is 1.46. The molecule has 0 saturated heterocycles. The van der Waals surface area contributed by atoms with Gasteiger partial charge in [-0.1, -0.05) is 6.92 Å². The van der Waals surface area contributed by atoms with Crippen LogP contribution < -0.4 is 0 Å². The first-order valence-electron chi connectivity index (χ1n) is 6.12. The molecule has 0 bridgehead atoms. The molecule has 2 aromatic carbocycles. The van der Waals surface area contributed by atoms with Gasteiger partial charge in [-0.2, -0.15) is 35.9 Å². The van der Waals surface area contributed by atoms with E-state index in [1.54, 1.807) is 14.2 Å². The predicted octanol–water partition coefficient (Wildman–Crippen LogP) is 3.82. The van der Waals surface area contributed by atoms with E-state index in [1.807, 2.05) is 42.5 Å². The fourth-order valence-corrected chi connectivity index (χ4v) is 3.41. The van der Waals surface area contributed by atoms with Crippen molar-refractivity contribution >= 4 is 8.56 Å². The Morgan fingerprint density at radius 2 is 1.47 bits per heavy atom. The summed E-state index contributed by atoms with van der Waals surface area (Å²) in [5.74, 6) is 0. The zero-order chi connectivity index (χ0) is 13.4. The van der Waals surface area contributed by atoms with E-state index < -0.39 is 8.56 Å². The molecule has 0 saturated carbocycles. The van der Waals surface area contributed by atoms with Crippen molar-refractivity contribution in [1.82, 2.24) is 0 Å². The van der Waals surface area contributed by atoms with Gasteiger partial charge in [-0.3, -0.25) is 0 Å². The molecule has 19 heavy (non-hydrogen) atoms. The van der Waals surface area contributed by atoms with Crippen molar-refractivity contribution in [3.8, 4) is 0 Å². The first kappa shape index (κ1) is 18.4. The molecule has 0 aliphatic carbocycles. The Bertz CT molecular complexity index is 376. The average molecular weight is 318 g/mol. The molecule has 0 aliphatic rings. The third-order valence-corrected chi connectivity index (χ3v) is 6.87. The standard InChI is InChI=1S/C10H17O2Si.C5H5.Fe/c1-9(10-7-5-6-8-10)13(4,11-2)12-3;1-2-4-5-3-1;/h5-9H,1-4H3;1-5H;/q2*-1;+2. The Morgan fingerprint density at radius 1 is 1.00 bits per heavy atom. The van der Waals surface area contributed by atoms with Gasteiger partial charge < -0.3 is 8.85 Å². The maximum atomic E-state index is 5.49. The Kier molecular flexibility index (Phi) is 8.98. The van der Waals surface area contributed by atoms with Crippen LogP contribution >= 0.6 is 0 Å². The van der Waals surface area contributed by atoms with Gasteiger partial charge in [0.1, 0.15) is 0 Å². The molecule has 0 radical (unpaired) electrons. The maximum Gasteiger partial charge on any atom is 2.00 e. The third kappa shape index (κ3) is 5.47. The normalized spacial score (nSPS) is 12.0. The Morgan fingerprint density at radius 3 is 1.79 bits per heavy atom.